The number of aromatic nitrogens is 2. The lowest BCUT2D eigenvalue weighted by molar-refractivity contribution is 0.629. The molecule has 3 heteroatoms. The lowest BCUT2D eigenvalue weighted by atomic mass is 9.93. The second-order valence-corrected chi connectivity index (χ2v) is 7.82. The van der Waals surface area contributed by atoms with E-state index in [4.69, 9.17) is 4.42 Å². The minimum Gasteiger partial charge on any atom is -0.451 e. The van der Waals surface area contributed by atoms with E-state index in [1.165, 1.54) is 22.3 Å². The fourth-order valence-electron chi connectivity index (χ4n) is 4.87. The van der Waals surface area contributed by atoms with E-state index in [1.54, 1.807) is 12.4 Å². The Morgan fingerprint density at radius 1 is 0.581 bits per heavy atom. The third-order valence-electron chi connectivity index (χ3n) is 6.16. The van der Waals surface area contributed by atoms with Gasteiger partial charge in [-0.15, -0.1) is 0 Å². The van der Waals surface area contributed by atoms with Gasteiger partial charge in [0.15, 0.2) is 11.6 Å². The molecule has 1 aliphatic rings. The van der Waals surface area contributed by atoms with Crippen molar-refractivity contribution >= 4 is 21.7 Å². The molecule has 0 atom stereocenters. The molecule has 4 aromatic carbocycles. The van der Waals surface area contributed by atoms with Crippen LogP contribution >= 0.6 is 0 Å². The molecule has 144 valence electrons. The zero-order valence-electron chi connectivity index (χ0n) is 16.5. The van der Waals surface area contributed by atoms with E-state index < -0.39 is 0 Å². The summed E-state index contributed by atoms with van der Waals surface area (Å²) in [7, 11) is 0. The first-order valence-corrected chi connectivity index (χ1v) is 10.3. The maximum Gasteiger partial charge on any atom is 0.196 e. The SMILES string of the molecule is c1cnc(-c2oc3c4c(cc5ccccc53)-c3ccccc3-c3ccccc3-c24)nc1. The molecule has 3 nitrogen and oxygen atoms in total. The van der Waals surface area contributed by atoms with Gasteiger partial charge in [0.1, 0.15) is 5.58 Å². The fraction of sp³-hybridized carbons (Fsp3) is 0. The van der Waals surface area contributed by atoms with Crippen molar-refractivity contribution < 1.29 is 4.42 Å². The molecule has 0 bridgehead atoms. The third-order valence-corrected chi connectivity index (χ3v) is 6.16. The topological polar surface area (TPSA) is 38.9 Å². The first-order valence-electron chi connectivity index (χ1n) is 10.3. The average molecular weight is 396 g/mol. The highest BCUT2D eigenvalue weighted by molar-refractivity contribution is 6.22. The van der Waals surface area contributed by atoms with Gasteiger partial charge in [-0.05, 0) is 45.3 Å². The number of hydrogen-bond acceptors (Lipinski definition) is 3. The number of fused-ring (bicyclic) bond motifs is 7. The molecule has 31 heavy (non-hydrogen) atoms. The Hall–Kier alpha value is -4.24. The summed E-state index contributed by atoms with van der Waals surface area (Å²) in [4.78, 5) is 9.07. The zero-order valence-corrected chi connectivity index (χ0v) is 16.5. The molecule has 2 heterocycles. The Morgan fingerprint density at radius 2 is 1.19 bits per heavy atom. The highest BCUT2D eigenvalue weighted by Crippen LogP contribution is 2.53. The van der Waals surface area contributed by atoms with Gasteiger partial charge in [0.05, 0.1) is 0 Å². The van der Waals surface area contributed by atoms with Crippen LogP contribution in [0, 0.1) is 0 Å². The third kappa shape index (κ3) is 2.23. The van der Waals surface area contributed by atoms with Crippen molar-refractivity contribution in [3.63, 3.8) is 0 Å². The monoisotopic (exact) mass is 396 g/mol. The second-order valence-electron chi connectivity index (χ2n) is 7.82. The molecule has 0 spiro atoms. The summed E-state index contributed by atoms with van der Waals surface area (Å²) in [5.74, 6) is 1.32. The lowest BCUT2D eigenvalue weighted by Gasteiger charge is -2.11. The lowest BCUT2D eigenvalue weighted by Crippen LogP contribution is -1.89. The molecule has 0 amide bonds. The van der Waals surface area contributed by atoms with E-state index in [2.05, 4.69) is 88.8 Å². The highest BCUT2D eigenvalue weighted by Gasteiger charge is 2.29. The van der Waals surface area contributed by atoms with Crippen LogP contribution in [0.3, 0.4) is 0 Å². The predicted molar refractivity (Wildman–Crippen MR) is 125 cm³/mol. The molecule has 1 aliphatic carbocycles. The first-order chi connectivity index (χ1) is 15.4. The zero-order chi connectivity index (χ0) is 20.4. The molecule has 0 saturated heterocycles. The van der Waals surface area contributed by atoms with Crippen LogP contribution in [0.2, 0.25) is 0 Å². The van der Waals surface area contributed by atoms with Crippen molar-refractivity contribution in [3.05, 3.63) is 97.3 Å². The van der Waals surface area contributed by atoms with E-state index in [9.17, 15) is 0 Å². The van der Waals surface area contributed by atoms with Crippen LogP contribution in [0.15, 0.2) is 102 Å². The van der Waals surface area contributed by atoms with Gasteiger partial charge in [0.2, 0.25) is 0 Å². The quantitative estimate of drug-likeness (QED) is 0.291. The molecule has 7 rings (SSSR count). The fourth-order valence-corrected chi connectivity index (χ4v) is 4.87. The summed E-state index contributed by atoms with van der Waals surface area (Å²) < 4.78 is 6.61. The van der Waals surface area contributed by atoms with Crippen LogP contribution in [0.5, 0.6) is 0 Å². The second kappa shape index (κ2) is 6.13. The predicted octanol–water partition coefficient (Wildman–Crippen LogP) is 7.36. The summed E-state index contributed by atoms with van der Waals surface area (Å²) in [5.41, 5.74) is 7.91. The van der Waals surface area contributed by atoms with Crippen molar-refractivity contribution in [2.24, 2.45) is 0 Å². The molecule has 0 N–H and O–H groups in total. The maximum atomic E-state index is 6.61. The number of rotatable bonds is 1. The number of benzene rings is 4. The van der Waals surface area contributed by atoms with E-state index in [0.717, 1.165) is 32.9 Å². The van der Waals surface area contributed by atoms with Crippen molar-refractivity contribution in [2.45, 2.75) is 0 Å². The van der Waals surface area contributed by atoms with Crippen molar-refractivity contribution in [1.82, 2.24) is 9.97 Å². The van der Waals surface area contributed by atoms with Crippen LogP contribution < -0.4 is 0 Å². The van der Waals surface area contributed by atoms with Gasteiger partial charge in [-0.2, -0.15) is 0 Å². The Kier molecular flexibility index (Phi) is 3.27. The van der Waals surface area contributed by atoms with Crippen molar-refractivity contribution in [2.75, 3.05) is 0 Å². The van der Waals surface area contributed by atoms with Crippen LogP contribution in [0.25, 0.3) is 66.7 Å². The van der Waals surface area contributed by atoms with Crippen LogP contribution in [0.4, 0.5) is 0 Å². The molecule has 2 aromatic heterocycles. The number of hydrogen-bond donors (Lipinski definition) is 0. The molecule has 0 unspecified atom stereocenters. The van der Waals surface area contributed by atoms with E-state index in [1.807, 2.05) is 6.07 Å². The van der Waals surface area contributed by atoms with Gasteiger partial charge in [-0.25, -0.2) is 9.97 Å². The summed E-state index contributed by atoms with van der Waals surface area (Å²) in [5, 5.41) is 3.38. The minimum absolute atomic E-state index is 0.601. The molecular formula is C28H16N2O. The molecule has 0 aliphatic heterocycles. The van der Waals surface area contributed by atoms with Crippen LogP contribution in [-0.4, -0.2) is 9.97 Å². The van der Waals surface area contributed by atoms with Gasteiger partial charge in [0.25, 0.3) is 0 Å². The Morgan fingerprint density at radius 3 is 1.97 bits per heavy atom. The largest absolute Gasteiger partial charge is 0.451 e. The Labute approximate surface area is 178 Å². The van der Waals surface area contributed by atoms with E-state index in [-0.39, 0.29) is 0 Å². The number of nitrogens with zero attached hydrogens (tertiary/aromatic N) is 2. The molecule has 0 radical (unpaired) electrons. The molecular weight excluding hydrogens is 380 g/mol. The van der Waals surface area contributed by atoms with Crippen LogP contribution in [0.1, 0.15) is 0 Å². The maximum absolute atomic E-state index is 6.61. The molecule has 6 aromatic rings. The van der Waals surface area contributed by atoms with Crippen LogP contribution in [-0.2, 0) is 0 Å². The Bertz CT molecular complexity index is 1630. The standard InChI is InChI=1S/C28H16N2O/c1-2-9-18-17(8-1)16-23-21-12-4-3-10-19(21)20-11-5-6-13-22(20)24-25(23)26(18)31-27(24)28-29-14-7-15-30-28/h1-16H. The van der Waals surface area contributed by atoms with E-state index in [0.29, 0.717) is 11.6 Å². The average Bonchev–Trinajstić information content (AvgIpc) is 3.20. The van der Waals surface area contributed by atoms with Gasteiger partial charge in [-0.1, -0.05) is 72.8 Å². The normalized spacial score (nSPS) is 11.9. The molecule has 0 fully saturated rings. The summed E-state index contributed by atoms with van der Waals surface area (Å²) in [6.45, 7) is 0. The minimum atomic E-state index is 0.601. The highest BCUT2D eigenvalue weighted by atomic mass is 16.3. The summed E-state index contributed by atoms with van der Waals surface area (Å²) in [6, 6.07) is 29.7. The van der Waals surface area contributed by atoms with E-state index >= 15 is 0 Å². The summed E-state index contributed by atoms with van der Waals surface area (Å²) >= 11 is 0. The molecule has 0 saturated carbocycles. The first kappa shape index (κ1) is 16.5. The van der Waals surface area contributed by atoms with Gasteiger partial charge in [0, 0.05) is 28.7 Å². The van der Waals surface area contributed by atoms with Crippen molar-refractivity contribution in [1.29, 1.82) is 0 Å². The number of furan rings is 1. The summed E-state index contributed by atoms with van der Waals surface area (Å²) in [6.07, 6.45) is 3.53. The van der Waals surface area contributed by atoms with Gasteiger partial charge < -0.3 is 4.42 Å². The van der Waals surface area contributed by atoms with Gasteiger partial charge >= 0.3 is 0 Å². The Balaban J connectivity index is 1.78. The van der Waals surface area contributed by atoms with Gasteiger partial charge in [-0.3, -0.25) is 0 Å². The van der Waals surface area contributed by atoms with Crippen molar-refractivity contribution in [3.8, 4) is 45.0 Å². The smallest absolute Gasteiger partial charge is 0.196 e.